The largest absolute Gasteiger partial charge is 0.451 e. The first-order valence-electron chi connectivity index (χ1n) is 6.24. The van der Waals surface area contributed by atoms with Gasteiger partial charge in [-0.25, -0.2) is 15.0 Å². The molecule has 2 N–H and O–H groups in total. The second-order valence-electron chi connectivity index (χ2n) is 4.14. The SMILES string of the molecule is CCc1cnc(CNc2cc(NC)nc(C(F)(F)F)n2)o1. The van der Waals surface area contributed by atoms with Crippen molar-refractivity contribution in [2.24, 2.45) is 0 Å². The fourth-order valence-corrected chi connectivity index (χ4v) is 1.55. The van der Waals surface area contributed by atoms with E-state index in [2.05, 4.69) is 25.6 Å². The lowest BCUT2D eigenvalue weighted by molar-refractivity contribution is -0.144. The van der Waals surface area contributed by atoms with Crippen molar-refractivity contribution in [1.29, 1.82) is 0 Å². The highest BCUT2D eigenvalue weighted by atomic mass is 19.4. The Bertz CT molecular complexity index is 611. The first kappa shape index (κ1) is 15.1. The molecule has 0 aliphatic carbocycles. The van der Waals surface area contributed by atoms with E-state index in [1.54, 1.807) is 6.20 Å². The van der Waals surface area contributed by atoms with E-state index in [0.717, 1.165) is 0 Å². The maximum atomic E-state index is 12.7. The molecule has 0 radical (unpaired) electrons. The Hall–Kier alpha value is -2.32. The van der Waals surface area contributed by atoms with Crippen LogP contribution in [-0.2, 0) is 19.1 Å². The van der Waals surface area contributed by atoms with E-state index in [9.17, 15) is 13.2 Å². The predicted molar refractivity (Wildman–Crippen MR) is 69.8 cm³/mol. The summed E-state index contributed by atoms with van der Waals surface area (Å²) >= 11 is 0. The Labute approximate surface area is 118 Å². The second kappa shape index (κ2) is 5.98. The van der Waals surface area contributed by atoms with E-state index in [1.165, 1.54) is 13.1 Å². The fourth-order valence-electron chi connectivity index (χ4n) is 1.55. The summed E-state index contributed by atoms with van der Waals surface area (Å²) < 4.78 is 43.4. The first-order valence-corrected chi connectivity index (χ1v) is 6.24. The topological polar surface area (TPSA) is 75.9 Å². The molecular formula is C12H14F3N5O. The Morgan fingerprint density at radius 1 is 1.24 bits per heavy atom. The minimum Gasteiger partial charge on any atom is -0.444 e. The number of rotatable bonds is 5. The predicted octanol–water partition coefficient (Wildman–Crippen LogP) is 2.70. The monoisotopic (exact) mass is 301 g/mol. The maximum absolute atomic E-state index is 12.7. The van der Waals surface area contributed by atoms with Gasteiger partial charge in [0, 0.05) is 19.5 Å². The van der Waals surface area contributed by atoms with E-state index in [1.807, 2.05) is 6.92 Å². The summed E-state index contributed by atoms with van der Waals surface area (Å²) in [6.45, 7) is 2.05. The third kappa shape index (κ3) is 3.83. The highest BCUT2D eigenvalue weighted by molar-refractivity contribution is 5.47. The third-order valence-corrected chi connectivity index (χ3v) is 2.61. The molecule has 0 unspecified atom stereocenters. The van der Waals surface area contributed by atoms with Gasteiger partial charge in [-0.1, -0.05) is 6.92 Å². The van der Waals surface area contributed by atoms with Crippen LogP contribution in [0.3, 0.4) is 0 Å². The number of aryl methyl sites for hydroxylation is 1. The zero-order valence-corrected chi connectivity index (χ0v) is 11.5. The lowest BCUT2D eigenvalue weighted by Gasteiger charge is -2.10. The number of aromatic nitrogens is 3. The van der Waals surface area contributed by atoms with Crippen LogP contribution in [0.2, 0.25) is 0 Å². The smallest absolute Gasteiger partial charge is 0.444 e. The number of hydrogen-bond acceptors (Lipinski definition) is 6. The molecule has 0 atom stereocenters. The molecule has 21 heavy (non-hydrogen) atoms. The van der Waals surface area contributed by atoms with E-state index < -0.39 is 12.0 Å². The van der Waals surface area contributed by atoms with Gasteiger partial charge in [0.05, 0.1) is 12.7 Å². The molecule has 2 heterocycles. The van der Waals surface area contributed by atoms with E-state index >= 15 is 0 Å². The number of nitrogens with one attached hydrogen (secondary N) is 2. The van der Waals surface area contributed by atoms with Crippen LogP contribution in [-0.4, -0.2) is 22.0 Å². The first-order chi connectivity index (χ1) is 9.92. The van der Waals surface area contributed by atoms with Crippen LogP contribution in [0.4, 0.5) is 24.8 Å². The van der Waals surface area contributed by atoms with Crippen molar-refractivity contribution in [3.05, 3.63) is 29.7 Å². The van der Waals surface area contributed by atoms with Crippen molar-refractivity contribution in [2.45, 2.75) is 26.1 Å². The number of nitrogens with zero attached hydrogens (tertiary/aromatic N) is 3. The van der Waals surface area contributed by atoms with Crippen molar-refractivity contribution < 1.29 is 17.6 Å². The number of anilines is 2. The van der Waals surface area contributed by atoms with Crippen molar-refractivity contribution in [2.75, 3.05) is 17.7 Å². The van der Waals surface area contributed by atoms with Gasteiger partial charge in [0.15, 0.2) is 0 Å². The molecule has 6 nitrogen and oxygen atoms in total. The van der Waals surface area contributed by atoms with Gasteiger partial charge in [0.25, 0.3) is 0 Å². The molecule has 0 aliphatic rings. The van der Waals surface area contributed by atoms with Crippen molar-refractivity contribution >= 4 is 11.6 Å². The van der Waals surface area contributed by atoms with Crippen LogP contribution in [0.15, 0.2) is 16.7 Å². The van der Waals surface area contributed by atoms with Gasteiger partial charge in [-0.2, -0.15) is 13.2 Å². The summed E-state index contributed by atoms with van der Waals surface area (Å²) in [6, 6.07) is 1.37. The fraction of sp³-hybridized carbons (Fsp3) is 0.417. The summed E-state index contributed by atoms with van der Waals surface area (Å²) in [4.78, 5) is 10.8. The van der Waals surface area contributed by atoms with Gasteiger partial charge in [-0.05, 0) is 0 Å². The molecular weight excluding hydrogens is 287 g/mol. The Balaban J connectivity index is 2.15. The number of halogens is 3. The Morgan fingerprint density at radius 2 is 1.95 bits per heavy atom. The highest BCUT2D eigenvalue weighted by Crippen LogP contribution is 2.28. The number of hydrogen-bond donors (Lipinski definition) is 2. The van der Waals surface area contributed by atoms with Crippen molar-refractivity contribution in [3.8, 4) is 0 Å². The van der Waals surface area contributed by atoms with E-state index in [0.29, 0.717) is 18.1 Å². The molecule has 0 aromatic carbocycles. The summed E-state index contributed by atoms with van der Waals surface area (Å²) in [7, 11) is 1.48. The minimum absolute atomic E-state index is 0.0397. The van der Waals surface area contributed by atoms with Gasteiger partial charge in [0.1, 0.15) is 17.4 Å². The molecule has 0 saturated carbocycles. The third-order valence-electron chi connectivity index (χ3n) is 2.61. The molecule has 0 amide bonds. The summed E-state index contributed by atoms with van der Waals surface area (Å²) in [5, 5.41) is 5.30. The highest BCUT2D eigenvalue weighted by Gasteiger charge is 2.35. The van der Waals surface area contributed by atoms with Gasteiger partial charge >= 0.3 is 6.18 Å². The Kier molecular flexibility index (Phi) is 4.29. The van der Waals surface area contributed by atoms with Crippen LogP contribution in [0, 0.1) is 0 Å². The number of oxazole rings is 1. The van der Waals surface area contributed by atoms with E-state index in [-0.39, 0.29) is 18.2 Å². The molecule has 0 aliphatic heterocycles. The second-order valence-corrected chi connectivity index (χ2v) is 4.14. The average molecular weight is 301 g/mol. The maximum Gasteiger partial charge on any atom is 0.451 e. The molecule has 0 fully saturated rings. The molecule has 0 spiro atoms. The molecule has 0 saturated heterocycles. The molecule has 2 rings (SSSR count). The molecule has 114 valence electrons. The average Bonchev–Trinajstić information content (AvgIpc) is 2.92. The van der Waals surface area contributed by atoms with Gasteiger partial charge < -0.3 is 15.1 Å². The zero-order valence-electron chi connectivity index (χ0n) is 11.5. The van der Waals surface area contributed by atoms with Crippen LogP contribution < -0.4 is 10.6 Å². The van der Waals surface area contributed by atoms with Crippen LogP contribution in [0.25, 0.3) is 0 Å². The van der Waals surface area contributed by atoms with Crippen LogP contribution in [0.1, 0.15) is 24.4 Å². The molecule has 2 aromatic heterocycles. The lowest BCUT2D eigenvalue weighted by Crippen LogP contribution is -2.14. The van der Waals surface area contributed by atoms with Crippen LogP contribution >= 0.6 is 0 Å². The van der Waals surface area contributed by atoms with Crippen molar-refractivity contribution in [3.63, 3.8) is 0 Å². The van der Waals surface area contributed by atoms with Crippen LogP contribution in [0.5, 0.6) is 0 Å². The van der Waals surface area contributed by atoms with Crippen molar-refractivity contribution in [1.82, 2.24) is 15.0 Å². The normalized spacial score (nSPS) is 11.5. The van der Waals surface area contributed by atoms with Gasteiger partial charge in [-0.3, -0.25) is 0 Å². The van der Waals surface area contributed by atoms with Gasteiger partial charge in [0.2, 0.25) is 11.7 Å². The van der Waals surface area contributed by atoms with Gasteiger partial charge in [-0.15, -0.1) is 0 Å². The standard InChI is InChI=1S/C12H14F3N5O/c1-3-7-5-18-10(21-7)6-17-9-4-8(16-2)19-11(20-9)12(13,14)15/h4-5H,3,6H2,1-2H3,(H2,16,17,19,20). The molecule has 2 aromatic rings. The van der Waals surface area contributed by atoms with E-state index in [4.69, 9.17) is 4.42 Å². The summed E-state index contributed by atoms with van der Waals surface area (Å²) in [6.07, 6.45) is -2.33. The molecule has 0 bridgehead atoms. The lowest BCUT2D eigenvalue weighted by atomic mass is 10.4. The summed E-state index contributed by atoms with van der Waals surface area (Å²) in [5.74, 6) is -0.00990. The Morgan fingerprint density at radius 3 is 2.52 bits per heavy atom. The summed E-state index contributed by atoms with van der Waals surface area (Å²) in [5.41, 5.74) is 0. The molecule has 9 heteroatoms. The number of alkyl halides is 3. The quantitative estimate of drug-likeness (QED) is 0.884. The minimum atomic E-state index is -4.61. The zero-order chi connectivity index (χ0) is 15.5.